The molecular weight excluding hydrogens is 460 g/mol. The molecule has 1 aliphatic heterocycles. The standard InChI is InChI=1S/C23H25BrN4O3/c1-27(8-9-28-10-12-31-13-11-28)18-5-3-17(4-6-18)25-15-21-20-14-16(24)2-7-19(20)22(29)26-23(21)30/h2-7,14-15H,8-13H2,1H3,(H2,26,29,30). The van der Waals surface area contributed by atoms with Gasteiger partial charge in [-0.25, -0.2) is 0 Å². The van der Waals surface area contributed by atoms with Gasteiger partial charge in [-0.05, 0) is 42.5 Å². The number of ether oxygens (including phenoxy) is 1. The highest BCUT2D eigenvalue weighted by Crippen LogP contribution is 2.25. The van der Waals surface area contributed by atoms with Crippen molar-refractivity contribution in [3.8, 4) is 5.88 Å². The fourth-order valence-electron chi connectivity index (χ4n) is 3.62. The largest absolute Gasteiger partial charge is 0.494 e. The number of aromatic amines is 1. The van der Waals surface area contributed by atoms with Gasteiger partial charge in [0.1, 0.15) is 0 Å². The Bertz CT molecular complexity index is 1140. The maximum atomic E-state index is 12.1. The molecule has 0 radical (unpaired) electrons. The number of rotatable bonds is 6. The van der Waals surface area contributed by atoms with Gasteiger partial charge in [0.05, 0.1) is 24.5 Å². The van der Waals surface area contributed by atoms with Crippen LogP contribution in [0.5, 0.6) is 5.88 Å². The van der Waals surface area contributed by atoms with Crippen molar-refractivity contribution in [2.45, 2.75) is 0 Å². The number of aliphatic imine (C=N–C) groups is 1. The lowest BCUT2D eigenvalue weighted by molar-refractivity contribution is 0.0393. The van der Waals surface area contributed by atoms with Crippen molar-refractivity contribution in [2.24, 2.45) is 4.99 Å². The quantitative estimate of drug-likeness (QED) is 0.523. The minimum Gasteiger partial charge on any atom is -0.494 e. The topological polar surface area (TPSA) is 81.2 Å². The lowest BCUT2D eigenvalue weighted by Gasteiger charge is -2.29. The fraction of sp³-hybridized carbons (Fsp3) is 0.304. The van der Waals surface area contributed by atoms with E-state index in [1.54, 1.807) is 24.4 Å². The van der Waals surface area contributed by atoms with Crippen LogP contribution in [0.25, 0.3) is 10.8 Å². The molecule has 0 unspecified atom stereocenters. The zero-order valence-corrected chi connectivity index (χ0v) is 18.9. The third-order valence-corrected chi connectivity index (χ3v) is 5.99. The molecule has 2 heterocycles. The van der Waals surface area contributed by atoms with E-state index in [1.165, 1.54) is 0 Å². The molecule has 1 aromatic heterocycles. The summed E-state index contributed by atoms with van der Waals surface area (Å²) >= 11 is 3.42. The van der Waals surface area contributed by atoms with Crippen molar-refractivity contribution in [1.82, 2.24) is 9.88 Å². The predicted octanol–water partition coefficient (Wildman–Crippen LogP) is 3.52. The van der Waals surface area contributed by atoms with Crippen LogP contribution in [-0.4, -0.2) is 67.6 Å². The van der Waals surface area contributed by atoms with Crippen LogP contribution in [0, 0.1) is 0 Å². The number of halogens is 1. The summed E-state index contributed by atoms with van der Waals surface area (Å²) in [7, 11) is 2.08. The van der Waals surface area contributed by atoms with Gasteiger partial charge in [-0.15, -0.1) is 0 Å². The minimum atomic E-state index is -0.332. The van der Waals surface area contributed by atoms with Crippen LogP contribution in [0.15, 0.2) is 56.7 Å². The second-order valence-corrected chi connectivity index (χ2v) is 8.47. The summed E-state index contributed by atoms with van der Waals surface area (Å²) in [5.41, 5.74) is 2.02. The van der Waals surface area contributed by atoms with E-state index in [1.807, 2.05) is 24.3 Å². The number of morpholine rings is 1. The monoisotopic (exact) mass is 484 g/mol. The number of likely N-dealkylation sites (N-methyl/N-ethyl adjacent to an activating group) is 1. The second kappa shape index (κ2) is 9.64. The molecule has 31 heavy (non-hydrogen) atoms. The number of H-pyrrole nitrogens is 1. The number of aromatic nitrogens is 1. The van der Waals surface area contributed by atoms with Crippen LogP contribution in [0.4, 0.5) is 11.4 Å². The van der Waals surface area contributed by atoms with Gasteiger partial charge < -0.3 is 14.7 Å². The van der Waals surface area contributed by atoms with Crippen molar-refractivity contribution in [3.05, 3.63) is 62.9 Å². The molecule has 0 bridgehead atoms. The molecule has 162 valence electrons. The minimum absolute atomic E-state index is 0.196. The fourth-order valence-corrected chi connectivity index (χ4v) is 3.98. The number of nitrogens with one attached hydrogen (secondary N) is 1. The van der Waals surface area contributed by atoms with Gasteiger partial charge >= 0.3 is 0 Å². The summed E-state index contributed by atoms with van der Waals surface area (Å²) in [4.78, 5) is 23.7. The van der Waals surface area contributed by atoms with E-state index >= 15 is 0 Å². The molecule has 2 aromatic carbocycles. The van der Waals surface area contributed by atoms with E-state index in [9.17, 15) is 9.90 Å². The highest BCUT2D eigenvalue weighted by atomic mass is 79.9. The molecule has 3 aromatic rings. The van der Waals surface area contributed by atoms with Crippen molar-refractivity contribution in [3.63, 3.8) is 0 Å². The van der Waals surface area contributed by atoms with Crippen LogP contribution in [0.3, 0.4) is 0 Å². The van der Waals surface area contributed by atoms with Crippen LogP contribution in [-0.2, 0) is 4.74 Å². The number of aromatic hydroxyl groups is 1. The third kappa shape index (κ3) is 5.15. The third-order valence-electron chi connectivity index (χ3n) is 5.49. The van der Waals surface area contributed by atoms with E-state index in [0.29, 0.717) is 16.3 Å². The molecule has 2 N–H and O–H groups in total. The summed E-state index contributed by atoms with van der Waals surface area (Å²) in [6.07, 6.45) is 1.58. The maximum Gasteiger partial charge on any atom is 0.258 e. The molecule has 0 spiro atoms. The molecule has 4 rings (SSSR count). The smallest absolute Gasteiger partial charge is 0.258 e. The molecule has 0 amide bonds. The number of hydrogen-bond acceptors (Lipinski definition) is 6. The summed E-state index contributed by atoms with van der Waals surface area (Å²) in [6.45, 7) is 5.55. The Morgan fingerprint density at radius 2 is 1.94 bits per heavy atom. The highest BCUT2D eigenvalue weighted by molar-refractivity contribution is 9.10. The summed E-state index contributed by atoms with van der Waals surface area (Å²) < 4.78 is 6.22. The van der Waals surface area contributed by atoms with Gasteiger partial charge in [0.15, 0.2) is 0 Å². The van der Waals surface area contributed by atoms with Gasteiger partial charge in [-0.3, -0.25) is 19.7 Å². The molecule has 1 saturated heterocycles. The average Bonchev–Trinajstić information content (AvgIpc) is 2.78. The van der Waals surface area contributed by atoms with Gasteiger partial charge in [-0.1, -0.05) is 15.9 Å². The zero-order chi connectivity index (χ0) is 21.8. The first-order valence-electron chi connectivity index (χ1n) is 10.2. The summed E-state index contributed by atoms with van der Waals surface area (Å²) in [5.74, 6) is -0.196. The molecule has 0 saturated carbocycles. The first-order chi connectivity index (χ1) is 15.0. The average molecular weight is 485 g/mol. The van der Waals surface area contributed by atoms with Crippen molar-refractivity contribution < 1.29 is 9.84 Å². The van der Waals surface area contributed by atoms with Crippen molar-refractivity contribution in [1.29, 1.82) is 0 Å². The first-order valence-corrected chi connectivity index (χ1v) is 11.0. The van der Waals surface area contributed by atoms with E-state index in [-0.39, 0.29) is 11.4 Å². The Kier molecular flexibility index (Phi) is 6.70. The van der Waals surface area contributed by atoms with Crippen molar-refractivity contribution in [2.75, 3.05) is 51.3 Å². The van der Waals surface area contributed by atoms with E-state index < -0.39 is 0 Å². The molecule has 0 aliphatic carbocycles. The van der Waals surface area contributed by atoms with Gasteiger partial charge in [0.2, 0.25) is 5.88 Å². The van der Waals surface area contributed by atoms with E-state index in [4.69, 9.17) is 4.74 Å². The molecule has 8 heteroatoms. The number of pyridine rings is 1. The van der Waals surface area contributed by atoms with Gasteiger partial charge in [0.25, 0.3) is 5.56 Å². The highest BCUT2D eigenvalue weighted by Gasteiger charge is 2.12. The number of nitrogens with zero attached hydrogens (tertiary/aromatic N) is 3. The van der Waals surface area contributed by atoms with Crippen molar-refractivity contribution >= 4 is 44.3 Å². The Balaban J connectivity index is 1.48. The Morgan fingerprint density at radius 3 is 2.68 bits per heavy atom. The lowest BCUT2D eigenvalue weighted by Crippen LogP contribution is -2.40. The Labute approximate surface area is 189 Å². The van der Waals surface area contributed by atoms with Gasteiger partial charge in [-0.2, -0.15) is 0 Å². The maximum absolute atomic E-state index is 12.1. The predicted molar refractivity (Wildman–Crippen MR) is 128 cm³/mol. The summed E-state index contributed by atoms with van der Waals surface area (Å²) in [5, 5.41) is 11.4. The molecular formula is C23H25BrN4O3. The SMILES string of the molecule is CN(CCN1CCOCC1)c1ccc(N=Cc2c(O)[nH]c(=O)c3ccc(Br)cc23)cc1. The molecule has 0 atom stereocenters. The summed E-state index contributed by atoms with van der Waals surface area (Å²) in [6, 6.07) is 13.3. The number of benzene rings is 2. The first kappa shape index (κ1) is 21.5. The molecule has 1 fully saturated rings. The van der Waals surface area contributed by atoms with E-state index in [0.717, 1.165) is 55.2 Å². The van der Waals surface area contributed by atoms with Crippen LogP contribution in [0.2, 0.25) is 0 Å². The normalized spacial score (nSPS) is 15.0. The zero-order valence-electron chi connectivity index (χ0n) is 17.3. The number of fused-ring (bicyclic) bond motifs is 1. The Morgan fingerprint density at radius 1 is 1.19 bits per heavy atom. The lowest BCUT2D eigenvalue weighted by atomic mass is 10.1. The Hall–Kier alpha value is -2.68. The molecule has 7 nitrogen and oxygen atoms in total. The van der Waals surface area contributed by atoms with Crippen LogP contribution < -0.4 is 10.5 Å². The van der Waals surface area contributed by atoms with Crippen LogP contribution >= 0.6 is 15.9 Å². The number of hydrogen-bond donors (Lipinski definition) is 2. The molecule has 1 aliphatic rings. The second-order valence-electron chi connectivity index (χ2n) is 7.56. The van der Waals surface area contributed by atoms with Crippen LogP contribution in [0.1, 0.15) is 5.56 Å². The van der Waals surface area contributed by atoms with Gasteiger partial charge in [0, 0.05) is 60.4 Å². The number of anilines is 1. The van der Waals surface area contributed by atoms with E-state index in [2.05, 4.69) is 42.8 Å².